The second kappa shape index (κ2) is 7.47. The summed E-state index contributed by atoms with van der Waals surface area (Å²) in [4.78, 5) is 28.6. The first-order chi connectivity index (χ1) is 12.0. The van der Waals surface area contributed by atoms with Crippen molar-refractivity contribution in [2.24, 2.45) is 0 Å². The van der Waals surface area contributed by atoms with Crippen molar-refractivity contribution in [1.82, 2.24) is 9.55 Å². The van der Waals surface area contributed by atoms with E-state index in [1.807, 2.05) is 31.2 Å². The summed E-state index contributed by atoms with van der Waals surface area (Å²) >= 11 is 3.87. The van der Waals surface area contributed by atoms with Gasteiger partial charge in [-0.25, -0.2) is 14.3 Å². The molecule has 1 aliphatic rings. The van der Waals surface area contributed by atoms with Gasteiger partial charge in [-0.15, -0.1) is 0 Å². The van der Waals surface area contributed by atoms with Crippen LogP contribution in [0.3, 0.4) is 0 Å². The molecule has 0 unspecified atom stereocenters. The van der Waals surface area contributed by atoms with Crippen LogP contribution >= 0.6 is 12.6 Å². The SMILES string of the molecule is CC1(OC(=O)n2c(CCOC(=O)CS)nc3ccccc32)CCCC1. The fraction of sp³-hybridized carbons (Fsp3) is 0.500. The van der Waals surface area contributed by atoms with Gasteiger partial charge in [0.05, 0.1) is 23.4 Å². The van der Waals surface area contributed by atoms with Gasteiger partial charge >= 0.3 is 12.1 Å². The Labute approximate surface area is 151 Å². The predicted molar refractivity (Wildman–Crippen MR) is 97.0 cm³/mol. The molecule has 2 aromatic rings. The van der Waals surface area contributed by atoms with E-state index in [0.717, 1.165) is 25.7 Å². The highest BCUT2D eigenvalue weighted by atomic mass is 32.1. The van der Waals surface area contributed by atoms with Crippen LogP contribution in [-0.4, -0.2) is 39.6 Å². The number of esters is 1. The summed E-state index contributed by atoms with van der Waals surface area (Å²) in [7, 11) is 0. The van der Waals surface area contributed by atoms with Gasteiger partial charge in [0.2, 0.25) is 0 Å². The Bertz CT molecular complexity index is 780. The van der Waals surface area contributed by atoms with Gasteiger partial charge in [0.15, 0.2) is 0 Å². The average molecular weight is 362 g/mol. The Balaban J connectivity index is 1.84. The zero-order chi connectivity index (χ0) is 17.9. The van der Waals surface area contributed by atoms with E-state index >= 15 is 0 Å². The lowest BCUT2D eigenvalue weighted by molar-refractivity contribution is -0.140. The van der Waals surface area contributed by atoms with E-state index in [-0.39, 0.29) is 12.4 Å². The largest absolute Gasteiger partial charge is 0.465 e. The maximum Gasteiger partial charge on any atom is 0.420 e. The molecule has 3 rings (SSSR count). The zero-order valence-corrected chi connectivity index (χ0v) is 15.1. The van der Waals surface area contributed by atoms with Gasteiger partial charge < -0.3 is 9.47 Å². The first kappa shape index (κ1) is 17.8. The molecule has 0 aliphatic heterocycles. The Hall–Kier alpha value is -2.02. The van der Waals surface area contributed by atoms with Crippen LogP contribution in [0, 0.1) is 0 Å². The zero-order valence-electron chi connectivity index (χ0n) is 14.2. The number of carbonyl (C=O) groups excluding carboxylic acids is 2. The smallest absolute Gasteiger partial charge is 0.420 e. The summed E-state index contributed by atoms with van der Waals surface area (Å²) in [5.74, 6) is 0.156. The lowest BCUT2D eigenvalue weighted by Crippen LogP contribution is -2.31. The van der Waals surface area contributed by atoms with E-state index in [4.69, 9.17) is 9.47 Å². The number of ether oxygens (including phenoxy) is 2. The number of thiol groups is 1. The minimum Gasteiger partial charge on any atom is -0.465 e. The second-order valence-electron chi connectivity index (χ2n) is 6.51. The lowest BCUT2D eigenvalue weighted by Gasteiger charge is -2.24. The lowest BCUT2D eigenvalue weighted by atomic mass is 10.1. The van der Waals surface area contributed by atoms with Crippen molar-refractivity contribution in [1.29, 1.82) is 0 Å². The molecule has 1 saturated carbocycles. The molecular formula is C18H22N2O4S. The topological polar surface area (TPSA) is 70.4 Å². The van der Waals surface area contributed by atoms with Gasteiger partial charge in [-0.3, -0.25) is 4.79 Å². The molecule has 0 spiro atoms. The molecule has 1 heterocycles. The third-order valence-electron chi connectivity index (χ3n) is 4.53. The van der Waals surface area contributed by atoms with Crippen molar-refractivity contribution in [3.63, 3.8) is 0 Å². The van der Waals surface area contributed by atoms with Crippen LogP contribution in [0.5, 0.6) is 0 Å². The van der Waals surface area contributed by atoms with Crippen LogP contribution in [0.15, 0.2) is 24.3 Å². The summed E-state index contributed by atoms with van der Waals surface area (Å²) in [5.41, 5.74) is 0.995. The molecular weight excluding hydrogens is 340 g/mol. The van der Waals surface area contributed by atoms with Crippen LogP contribution in [0.1, 0.15) is 38.4 Å². The first-order valence-corrected chi connectivity index (χ1v) is 9.12. The van der Waals surface area contributed by atoms with Crippen molar-refractivity contribution in [2.75, 3.05) is 12.4 Å². The van der Waals surface area contributed by atoms with Gasteiger partial charge in [0.25, 0.3) is 0 Å². The molecule has 0 amide bonds. The van der Waals surface area contributed by atoms with E-state index in [0.29, 0.717) is 23.3 Å². The molecule has 6 nitrogen and oxygen atoms in total. The summed E-state index contributed by atoms with van der Waals surface area (Å²) < 4.78 is 12.4. The van der Waals surface area contributed by atoms with Gasteiger partial charge in [-0.05, 0) is 44.7 Å². The highest BCUT2D eigenvalue weighted by Crippen LogP contribution is 2.33. The van der Waals surface area contributed by atoms with E-state index in [9.17, 15) is 9.59 Å². The molecule has 1 aromatic heterocycles. The molecule has 0 atom stereocenters. The van der Waals surface area contributed by atoms with Crippen LogP contribution in [0.2, 0.25) is 0 Å². The summed E-state index contributed by atoms with van der Waals surface area (Å²) in [5, 5.41) is 0. The number of imidazole rings is 1. The number of carbonyl (C=O) groups is 2. The van der Waals surface area contributed by atoms with Gasteiger partial charge in [-0.1, -0.05) is 12.1 Å². The number of benzene rings is 1. The number of rotatable bonds is 5. The molecule has 1 aliphatic carbocycles. The molecule has 1 aromatic carbocycles. The Morgan fingerprint density at radius 3 is 2.72 bits per heavy atom. The third-order valence-corrected chi connectivity index (χ3v) is 4.78. The quantitative estimate of drug-likeness (QED) is 0.652. The van der Waals surface area contributed by atoms with Crippen molar-refractivity contribution in [2.45, 2.75) is 44.6 Å². The minimum absolute atomic E-state index is 0.0246. The maximum absolute atomic E-state index is 12.8. The summed E-state index contributed by atoms with van der Waals surface area (Å²) in [6, 6.07) is 7.41. The number of para-hydroxylation sites is 2. The Kier molecular flexibility index (Phi) is 5.32. The van der Waals surface area contributed by atoms with Crippen LogP contribution in [-0.2, 0) is 20.7 Å². The molecule has 25 heavy (non-hydrogen) atoms. The van der Waals surface area contributed by atoms with Crippen molar-refractivity contribution >= 4 is 35.7 Å². The third kappa shape index (κ3) is 3.98. The molecule has 0 saturated heterocycles. The highest BCUT2D eigenvalue weighted by Gasteiger charge is 2.34. The van der Waals surface area contributed by atoms with Crippen LogP contribution in [0.4, 0.5) is 4.79 Å². The van der Waals surface area contributed by atoms with Gasteiger partial charge in [0, 0.05) is 6.42 Å². The molecule has 0 bridgehead atoms. The minimum atomic E-state index is -0.423. The van der Waals surface area contributed by atoms with Gasteiger partial charge in [0.1, 0.15) is 11.4 Å². The summed E-state index contributed by atoms with van der Waals surface area (Å²) in [6.07, 6.45) is 3.80. The fourth-order valence-electron chi connectivity index (χ4n) is 3.23. The number of fused-ring (bicyclic) bond motifs is 1. The molecule has 1 fully saturated rings. The van der Waals surface area contributed by atoms with Crippen molar-refractivity contribution in [3.05, 3.63) is 30.1 Å². The van der Waals surface area contributed by atoms with Crippen LogP contribution in [0.25, 0.3) is 11.0 Å². The van der Waals surface area contributed by atoms with Crippen molar-refractivity contribution in [3.8, 4) is 0 Å². The normalized spacial score (nSPS) is 16.1. The van der Waals surface area contributed by atoms with E-state index < -0.39 is 17.7 Å². The second-order valence-corrected chi connectivity index (χ2v) is 6.82. The molecule has 0 N–H and O–H groups in total. The van der Waals surface area contributed by atoms with Crippen LogP contribution < -0.4 is 0 Å². The number of hydrogen-bond donors (Lipinski definition) is 1. The molecule has 7 heteroatoms. The molecule has 134 valence electrons. The standard InChI is InChI=1S/C18H22N2O4S/c1-18(9-4-5-10-18)24-17(22)20-14-7-3-2-6-13(14)19-15(20)8-11-23-16(21)12-25/h2-3,6-7,25H,4-5,8-12H2,1H3. The monoisotopic (exact) mass is 362 g/mol. The van der Waals surface area contributed by atoms with E-state index in [1.54, 1.807) is 0 Å². The fourth-order valence-corrected chi connectivity index (χ4v) is 3.32. The first-order valence-electron chi connectivity index (χ1n) is 8.49. The number of nitrogens with zero attached hydrogens (tertiary/aromatic N) is 2. The Morgan fingerprint density at radius 2 is 2.00 bits per heavy atom. The maximum atomic E-state index is 12.8. The molecule has 0 radical (unpaired) electrons. The Morgan fingerprint density at radius 1 is 1.28 bits per heavy atom. The number of aromatic nitrogens is 2. The number of hydrogen-bond acceptors (Lipinski definition) is 6. The van der Waals surface area contributed by atoms with E-state index in [1.165, 1.54) is 4.57 Å². The van der Waals surface area contributed by atoms with E-state index in [2.05, 4.69) is 17.6 Å². The van der Waals surface area contributed by atoms with Crippen molar-refractivity contribution < 1.29 is 19.1 Å². The van der Waals surface area contributed by atoms with Gasteiger partial charge in [-0.2, -0.15) is 12.6 Å². The average Bonchev–Trinajstić information content (AvgIpc) is 3.17. The summed E-state index contributed by atoms with van der Waals surface area (Å²) in [6.45, 7) is 2.12. The highest BCUT2D eigenvalue weighted by molar-refractivity contribution is 7.81. The predicted octanol–water partition coefficient (Wildman–Crippen LogP) is 3.37.